The van der Waals surface area contributed by atoms with Gasteiger partial charge in [-0.15, -0.1) is 11.3 Å². The summed E-state index contributed by atoms with van der Waals surface area (Å²) in [6.45, 7) is 5.39. The van der Waals surface area contributed by atoms with E-state index in [9.17, 15) is 4.79 Å². The van der Waals surface area contributed by atoms with E-state index >= 15 is 0 Å². The Bertz CT molecular complexity index is 662. The van der Waals surface area contributed by atoms with Crippen molar-refractivity contribution in [2.45, 2.75) is 33.2 Å². The molecule has 0 saturated heterocycles. The van der Waals surface area contributed by atoms with Crippen LogP contribution >= 0.6 is 11.3 Å². The maximum Gasteiger partial charge on any atom is 0.292 e. The molecule has 112 valence electrons. The topological polar surface area (TPSA) is 85.2 Å². The molecule has 0 saturated carbocycles. The monoisotopic (exact) mass is 306 g/mol. The molecule has 0 bridgehead atoms. The van der Waals surface area contributed by atoms with E-state index in [1.165, 1.54) is 11.3 Å². The zero-order valence-electron chi connectivity index (χ0n) is 12.1. The first-order valence-electron chi connectivity index (χ1n) is 7.02. The number of anilines is 1. The lowest BCUT2D eigenvalue weighted by Gasteiger charge is -2.24. The average molecular weight is 306 g/mol. The van der Waals surface area contributed by atoms with Crippen LogP contribution in [-0.2, 0) is 19.4 Å². The van der Waals surface area contributed by atoms with Gasteiger partial charge in [0.05, 0.1) is 17.9 Å². The molecule has 0 atom stereocenters. The minimum absolute atomic E-state index is 0.116. The van der Waals surface area contributed by atoms with E-state index in [0.29, 0.717) is 29.9 Å². The summed E-state index contributed by atoms with van der Waals surface area (Å²) < 4.78 is 5.20. The quantitative estimate of drug-likeness (QED) is 0.938. The summed E-state index contributed by atoms with van der Waals surface area (Å²) in [6.07, 6.45) is 1.55. The fourth-order valence-corrected chi connectivity index (χ4v) is 3.37. The van der Waals surface area contributed by atoms with E-state index in [1.54, 1.807) is 11.0 Å². The second-order valence-corrected chi connectivity index (χ2v) is 6.79. The number of carbonyl (C=O) groups is 1. The van der Waals surface area contributed by atoms with Gasteiger partial charge in [-0.05, 0) is 12.3 Å². The Morgan fingerprint density at radius 1 is 1.57 bits per heavy atom. The van der Waals surface area contributed by atoms with E-state index in [-0.39, 0.29) is 5.91 Å². The molecule has 6 nitrogen and oxygen atoms in total. The van der Waals surface area contributed by atoms with Crippen LogP contribution in [-0.4, -0.2) is 27.5 Å². The van der Waals surface area contributed by atoms with Gasteiger partial charge >= 0.3 is 0 Å². The molecule has 2 N–H and O–H groups in total. The van der Waals surface area contributed by atoms with Gasteiger partial charge < -0.3 is 15.2 Å². The molecule has 3 rings (SSSR count). The third kappa shape index (κ3) is 2.92. The highest BCUT2D eigenvalue weighted by atomic mass is 32.1. The molecule has 0 fully saturated rings. The van der Waals surface area contributed by atoms with E-state index in [2.05, 4.69) is 24.0 Å². The molecule has 1 aliphatic rings. The van der Waals surface area contributed by atoms with Crippen molar-refractivity contribution in [3.63, 3.8) is 0 Å². The molecule has 0 spiro atoms. The molecule has 3 heterocycles. The van der Waals surface area contributed by atoms with Crippen LogP contribution in [0.3, 0.4) is 0 Å². The summed E-state index contributed by atoms with van der Waals surface area (Å²) in [4.78, 5) is 19.6. The van der Waals surface area contributed by atoms with Gasteiger partial charge in [0.25, 0.3) is 5.91 Å². The molecule has 0 aromatic carbocycles. The molecule has 0 unspecified atom stereocenters. The van der Waals surface area contributed by atoms with Gasteiger partial charge in [-0.3, -0.25) is 4.79 Å². The number of hydrogen-bond donors (Lipinski definition) is 1. The Labute approximate surface area is 126 Å². The fraction of sp³-hybridized carbons (Fsp3) is 0.500. The number of amides is 1. The highest BCUT2D eigenvalue weighted by Crippen LogP contribution is 2.27. The Hall–Kier alpha value is -1.89. The first kappa shape index (κ1) is 14.1. The number of nitrogen functional groups attached to an aromatic ring is 1. The van der Waals surface area contributed by atoms with Crippen LogP contribution in [0.15, 0.2) is 10.6 Å². The molecular formula is C14H18N4O2S. The van der Waals surface area contributed by atoms with Crippen molar-refractivity contribution < 1.29 is 9.32 Å². The third-order valence-electron chi connectivity index (χ3n) is 3.42. The molecule has 0 radical (unpaired) electrons. The minimum Gasteiger partial charge on any atom is -0.375 e. The van der Waals surface area contributed by atoms with Crippen molar-refractivity contribution in [1.82, 2.24) is 15.0 Å². The summed E-state index contributed by atoms with van der Waals surface area (Å²) >= 11 is 1.45. The van der Waals surface area contributed by atoms with Crippen LogP contribution in [0.2, 0.25) is 0 Å². The summed E-state index contributed by atoms with van der Waals surface area (Å²) in [6, 6.07) is 1.75. The van der Waals surface area contributed by atoms with Crippen molar-refractivity contribution in [3.8, 4) is 0 Å². The van der Waals surface area contributed by atoms with Crippen molar-refractivity contribution in [2.75, 3.05) is 12.3 Å². The highest BCUT2D eigenvalue weighted by molar-refractivity contribution is 7.15. The first-order valence-corrected chi connectivity index (χ1v) is 7.83. The van der Waals surface area contributed by atoms with Gasteiger partial charge in [0.2, 0.25) is 5.76 Å². The Morgan fingerprint density at radius 3 is 3.14 bits per heavy atom. The predicted molar refractivity (Wildman–Crippen MR) is 80.0 cm³/mol. The standard InChI is InChI=1S/C14H18N4O2S/c1-8(2)5-9-6-11(20-17-9)13(19)18-4-3-10-12(7-18)21-14(15)16-10/h6,8H,3-5,7H2,1-2H3,(H2,15,16). The molecule has 2 aromatic rings. The van der Waals surface area contributed by atoms with Crippen molar-refractivity contribution in [1.29, 1.82) is 0 Å². The minimum atomic E-state index is -0.116. The van der Waals surface area contributed by atoms with Gasteiger partial charge in [-0.2, -0.15) is 0 Å². The van der Waals surface area contributed by atoms with Gasteiger partial charge in [0.1, 0.15) is 0 Å². The van der Waals surface area contributed by atoms with Crippen LogP contribution < -0.4 is 5.73 Å². The van der Waals surface area contributed by atoms with Crippen LogP contribution in [0.25, 0.3) is 0 Å². The van der Waals surface area contributed by atoms with Gasteiger partial charge in [-0.1, -0.05) is 19.0 Å². The number of aromatic nitrogens is 2. The molecule has 1 aliphatic heterocycles. The van der Waals surface area contributed by atoms with Crippen LogP contribution in [0.4, 0.5) is 5.13 Å². The predicted octanol–water partition coefficient (Wildman–Crippen LogP) is 2.11. The summed E-state index contributed by atoms with van der Waals surface area (Å²) in [5.74, 6) is 0.678. The van der Waals surface area contributed by atoms with E-state index in [4.69, 9.17) is 10.3 Å². The molecule has 7 heteroatoms. The Morgan fingerprint density at radius 2 is 2.38 bits per heavy atom. The molecular weight excluding hydrogens is 288 g/mol. The third-order valence-corrected chi connectivity index (χ3v) is 4.33. The number of nitrogens with zero attached hydrogens (tertiary/aromatic N) is 3. The summed E-state index contributed by atoms with van der Waals surface area (Å²) in [5, 5.41) is 4.53. The second-order valence-electron chi connectivity index (χ2n) is 5.68. The van der Waals surface area contributed by atoms with Gasteiger partial charge in [-0.25, -0.2) is 4.98 Å². The first-order chi connectivity index (χ1) is 10.0. The lowest BCUT2D eigenvalue weighted by molar-refractivity contribution is 0.0694. The van der Waals surface area contributed by atoms with Gasteiger partial charge in [0, 0.05) is 23.9 Å². The van der Waals surface area contributed by atoms with Crippen LogP contribution in [0, 0.1) is 5.92 Å². The Kier molecular flexibility index (Phi) is 3.67. The zero-order valence-corrected chi connectivity index (χ0v) is 12.9. The number of nitrogens with two attached hydrogens (primary N) is 1. The highest BCUT2D eigenvalue weighted by Gasteiger charge is 2.26. The smallest absolute Gasteiger partial charge is 0.292 e. The van der Waals surface area contributed by atoms with Crippen molar-refractivity contribution in [3.05, 3.63) is 28.1 Å². The summed E-state index contributed by atoms with van der Waals surface area (Å²) in [7, 11) is 0. The van der Waals surface area contributed by atoms with E-state index < -0.39 is 0 Å². The number of thiazole rings is 1. The number of fused-ring (bicyclic) bond motifs is 1. The zero-order chi connectivity index (χ0) is 15.0. The number of carbonyl (C=O) groups excluding carboxylic acids is 1. The second kappa shape index (κ2) is 5.48. The van der Waals surface area contributed by atoms with Crippen LogP contribution in [0.1, 0.15) is 40.7 Å². The summed E-state index contributed by atoms with van der Waals surface area (Å²) in [5.41, 5.74) is 7.56. The molecule has 2 aromatic heterocycles. The molecule has 21 heavy (non-hydrogen) atoms. The lowest BCUT2D eigenvalue weighted by atomic mass is 10.1. The molecule has 1 amide bonds. The van der Waals surface area contributed by atoms with Crippen molar-refractivity contribution in [2.24, 2.45) is 5.92 Å². The Balaban J connectivity index is 1.72. The average Bonchev–Trinajstić information content (AvgIpc) is 3.01. The lowest BCUT2D eigenvalue weighted by Crippen LogP contribution is -2.35. The molecule has 0 aliphatic carbocycles. The number of hydrogen-bond acceptors (Lipinski definition) is 6. The van der Waals surface area contributed by atoms with Gasteiger partial charge in [0.15, 0.2) is 5.13 Å². The van der Waals surface area contributed by atoms with Crippen LogP contribution in [0.5, 0.6) is 0 Å². The van der Waals surface area contributed by atoms with Crippen molar-refractivity contribution >= 4 is 22.4 Å². The van der Waals surface area contributed by atoms with E-state index in [1.807, 2.05) is 0 Å². The normalized spacial score (nSPS) is 14.5. The number of rotatable bonds is 3. The SMILES string of the molecule is CC(C)Cc1cc(C(=O)N2CCc3nc(N)sc3C2)on1. The maximum atomic E-state index is 12.5. The van der Waals surface area contributed by atoms with E-state index in [0.717, 1.165) is 29.1 Å². The maximum absolute atomic E-state index is 12.5. The largest absolute Gasteiger partial charge is 0.375 e. The fourth-order valence-electron chi connectivity index (χ4n) is 2.47.